The molecule has 1 saturated heterocycles. The van der Waals surface area contributed by atoms with Crippen molar-refractivity contribution >= 4 is 22.6 Å². The van der Waals surface area contributed by atoms with E-state index < -0.39 is 5.60 Å². The van der Waals surface area contributed by atoms with Gasteiger partial charge in [-0.2, -0.15) is 0 Å². The molecule has 1 atom stereocenters. The lowest BCUT2D eigenvalue weighted by molar-refractivity contribution is 0.0249. The largest absolute Gasteiger partial charge is 0.389 e. The zero-order valence-corrected chi connectivity index (χ0v) is 14.1. The summed E-state index contributed by atoms with van der Waals surface area (Å²) >= 11 is 2.32. The van der Waals surface area contributed by atoms with Crippen LogP contribution < -0.4 is 0 Å². The van der Waals surface area contributed by atoms with E-state index in [9.17, 15) is 5.11 Å². The Morgan fingerprint density at radius 2 is 1.89 bits per heavy atom. The molecule has 1 aliphatic heterocycles. The van der Waals surface area contributed by atoms with Crippen molar-refractivity contribution < 1.29 is 5.11 Å². The Morgan fingerprint density at radius 1 is 1.21 bits per heavy atom. The van der Waals surface area contributed by atoms with Crippen LogP contribution in [0, 0.1) is 3.57 Å². The molecule has 0 radical (unpaired) electrons. The molecule has 2 nitrogen and oxygen atoms in total. The highest BCUT2D eigenvalue weighted by Gasteiger charge is 2.30. The maximum Gasteiger partial charge on any atom is 0.0700 e. The first-order chi connectivity index (χ1) is 8.98. The van der Waals surface area contributed by atoms with Crippen LogP contribution >= 0.6 is 22.6 Å². The number of hydrogen-bond donors (Lipinski definition) is 1. The number of halogens is 1. The monoisotopic (exact) mass is 373 g/mol. The summed E-state index contributed by atoms with van der Waals surface area (Å²) in [7, 11) is 0. The van der Waals surface area contributed by atoms with E-state index in [2.05, 4.69) is 65.6 Å². The van der Waals surface area contributed by atoms with Crippen LogP contribution in [0.1, 0.15) is 38.7 Å². The third kappa shape index (κ3) is 4.43. The minimum atomic E-state index is -0.517. The van der Waals surface area contributed by atoms with E-state index >= 15 is 0 Å². The van der Waals surface area contributed by atoms with Gasteiger partial charge in [-0.3, -0.25) is 0 Å². The van der Waals surface area contributed by atoms with Crippen molar-refractivity contribution in [3.05, 3.63) is 33.4 Å². The molecule has 1 aromatic rings. The van der Waals surface area contributed by atoms with Crippen molar-refractivity contribution in [2.24, 2.45) is 0 Å². The Labute approximate surface area is 130 Å². The lowest BCUT2D eigenvalue weighted by Gasteiger charge is -2.28. The number of benzene rings is 1. The molecule has 0 spiro atoms. The van der Waals surface area contributed by atoms with Gasteiger partial charge in [0.2, 0.25) is 0 Å². The van der Waals surface area contributed by atoms with E-state index in [0.29, 0.717) is 6.04 Å². The summed E-state index contributed by atoms with van der Waals surface area (Å²) in [5.41, 5.74) is 0.733. The highest BCUT2D eigenvalue weighted by atomic mass is 127. The van der Waals surface area contributed by atoms with Gasteiger partial charge in [0.1, 0.15) is 0 Å². The smallest absolute Gasteiger partial charge is 0.0700 e. The highest BCUT2D eigenvalue weighted by Crippen LogP contribution is 2.27. The molecule has 3 heteroatoms. The van der Waals surface area contributed by atoms with Crippen LogP contribution in [0.2, 0.25) is 0 Å². The lowest BCUT2D eigenvalue weighted by Crippen LogP contribution is -2.35. The van der Waals surface area contributed by atoms with Crippen LogP contribution in [-0.2, 0) is 6.42 Å². The molecule has 0 aromatic heterocycles. The molecular weight excluding hydrogens is 349 g/mol. The summed E-state index contributed by atoms with van der Waals surface area (Å²) in [6, 6.07) is 9.11. The zero-order valence-electron chi connectivity index (χ0n) is 11.9. The zero-order chi connectivity index (χ0) is 13.9. The maximum atomic E-state index is 10.8. The van der Waals surface area contributed by atoms with Crippen molar-refractivity contribution in [1.82, 2.24) is 4.90 Å². The van der Waals surface area contributed by atoms with Crippen LogP contribution in [0.15, 0.2) is 24.3 Å². The van der Waals surface area contributed by atoms with Crippen LogP contribution in [-0.4, -0.2) is 34.7 Å². The molecule has 1 aromatic carbocycles. The molecule has 1 heterocycles. The molecule has 106 valence electrons. The average molecular weight is 373 g/mol. The summed E-state index contributed by atoms with van der Waals surface area (Å²) in [6.45, 7) is 6.61. The van der Waals surface area contributed by atoms with Crippen molar-refractivity contribution in [1.29, 1.82) is 0 Å². The van der Waals surface area contributed by atoms with Crippen LogP contribution in [0.25, 0.3) is 0 Å². The molecule has 0 saturated carbocycles. The Hall–Kier alpha value is -0.130. The third-order valence-electron chi connectivity index (χ3n) is 4.13. The van der Waals surface area contributed by atoms with E-state index in [1.165, 1.54) is 9.13 Å². The van der Waals surface area contributed by atoms with E-state index in [1.54, 1.807) is 0 Å². The number of likely N-dealkylation sites (tertiary alicyclic amines) is 1. The van der Waals surface area contributed by atoms with Gasteiger partial charge >= 0.3 is 0 Å². The predicted molar refractivity (Wildman–Crippen MR) is 88.4 cm³/mol. The minimum absolute atomic E-state index is 0.517. The van der Waals surface area contributed by atoms with Crippen molar-refractivity contribution in [3.8, 4) is 0 Å². The fourth-order valence-electron chi connectivity index (χ4n) is 2.88. The Morgan fingerprint density at radius 3 is 2.53 bits per heavy atom. The van der Waals surface area contributed by atoms with E-state index in [-0.39, 0.29) is 0 Å². The van der Waals surface area contributed by atoms with Gasteiger partial charge in [-0.05, 0) is 79.9 Å². The second-order valence-corrected chi connectivity index (χ2v) is 7.26. The normalized spacial score (nSPS) is 25.5. The Bertz CT molecular complexity index is 404. The first-order valence-electron chi connectivity index (χ1n) is 7.19. The molecule has 0 amide bonds. The second-order valence-electron chi connectivity index (χ2n) is 6.01. The van der Waals surface area contributed by atoms with Crippen molar-refractivity contribution in [2.75, 3.05) is 13.1 Å². The van der Waals surface area contributed by atoms with Crippen LogP contribution in [0.3, 0.4) is 0 Å². The number of nitrogens with zero attached hydrogens (tertiary/aromatic N) is 1. The molecule has 0 aliphatic carbocycles. The van der Waals surface area contributed by atoms with E-state index in [4.69, 9.17) is 0 Å². The van der Waals surface area contributed by atoms with Gasteiger partial charge in [-0.1, -0.05) is 12.1 Å². The van der Waals surface area contributed by atoms with Crippen LogP contribution in [0.4, 0.5) is 0 Å². The number of rotatable bonds is 3. The van der Waals surface area contributed by atoms with Crippen molar-refractivity contribution in [2.45, 2.75) is 51.2 Å². The van der Waals surface area contributed by atoms with Gasteiger partial charge in [0.25, 0.3) is 0 Å². The summed E-state index contributed by atoms with van der Waals surface area (Å²) < 4.78 is 1.25. The van der Waals surface area contributed by atoms with E-state index in [1.807, 2.05) is 0 Å². The van der Waals surface area contributed by atoms with Gasteiger partial charge in [0, 0.05) is 22.6 Å². The second kappa shape index (κ2) is 6.55. The molecule has 1 N–H and O–H groups in total. The van der Waals surface area contributed by atoms with Gasteiger partial charge in [-0.25, -0.2) is 0 Å². The van der Waals surface area contributed by atoms with Gasteiger partial charge < -0.3 is 10.0 Å². The van der Waals surface area contributed by atoms with E-state index in [0.717, 1.165) is 38.8 Å². The third-order valence-corrected chi connectivity index (χ3v) is 4.85. The number of aliphatic hydroxyl groups is 1. The molecule has 0 bridgehead atoms. The fourth-order valence-corrected chi connectivity index (χ4v) is 3.23. The quantitative estimate of drug-likeness (QED) is 0.821. The lowest BCUT2D eigenvalue weighted by atomic mass is 9.88. The standard InChI is InChI=1S/C16H24INO/c1-13(2)18-10-3-8-16(19,9-11-18)12-14-4-6-15(17)7-5-14/h4-7,13,19H,3,8-12H2,1-2H3. The first kappa shape index (κ1) is 15.3. The van der Waals surface area contributed by atoms with Gasteiger partial charge in [0.15, 0.2) is 0 Å². The summed E-state index contributed by atoms with van der Waals surface area (Å²) in [6.07, 6.45) is 3.69. The van der Waals surface area contributed by atoms with Crippen LogP contribution in [0.5, 0.6) is 0 Å². The summed E-state index contributed by atoms with van der Waals surface area (Å²) in [5, 5.41) is 10.8. The van der Waals surface area contributed by atoms with Gasteiger partial charge in [-0.15, -0.1) is 0 Å². The maximum absolute atomic E-state index is 10.8. The molecule has 1 fully saturated rings. The summed E-state index contributed by atoms with van der Waals surface area (Å²) in [5.74, 6) is 0. The Kier molecular flexibility index (Phi) is 5.26. The highest BCUT2D eigenvalue weighted by molar-refractivity contribution is 14.1. The first-order valence-corrected chi connectivity index (χ1v) is 8.27. The van der Waals surface area contributed by atoms with Gasteiger partial charge in [0.05, 0.1) is 5.60 Å². The minimum Gasteiger partial charge on any atom is -0.389 e. The Balaban J connectivity index is 2.00. The average Bonchev–Trinajstić information content (AvgIpc) is 2.55. The molecule has 1 unspecified atom stereocenters. The molecule has 1 aliphatic rings. The molecular formula is C16H24INO. The molecule has 19 heavy (non-hydrogen) atoms. The summed E-state index contributed by atoms with van der Waals surface area (Å²) in [4.78, 5) is 2.48. The topological polar surface area (TPSA) is 23.5 Å². The predicted octanol–water partition coefficient (Wildman–Crippen LogP) is 3.46. The number of hydrogen-bond acceptors (Lipinski definition) is 2. The fraction of sp³-hybridized carbons (Fsp3) is 0.625. The molecule has 2 rings (SSSR count). The van der Waals surface area contributed by atoms with Crippen molar-refractivity contribution in [3.63, 3.8) is 0 Å². The SMILES string of the molecule is CC(C)N1CCCC(O)(Cc2ccc(I)cc2)CC1.